The van der Waals surface area contributed by atoms with Crippen LogP contribution in [0.5, 0.6) is 5.75 Å². The predicted molar refractivity (Wildman–Crippen MR) is 110 cm³/mol. The van der Waals surface area contributed by atoms with Crippen LogP contribution in [0.15, 0.2) is 53.7 Å². The number of rotatable bonds is 4. The van der Waals surface area contributed by atoms with E-state index in [0.717, 1.165) is 49.0 Å². The Bertz CT molecular complexity index is 1060. The lowest BCUT2D eigenvalue weighted by atomic mass is 9.81. The standard InChI is InChI=1S/C23H24N4O2/c28-22-21-10-9-17(13-18(21)15-26-27(22)23-24-11-4-12-25-23)16-5-3-8-20(14-16)29-19-6-1-2-7-19/h3-5,8,11-12,14-15,17,19H,1-2,6-7,9-10,13H2. The van der Waals surface area contributed by atoms with Crippen molar-refractivity contribution < 1.29 is 4.74 Å². The van der Waals surface area contributed by atoms with Crippen LogP contribution in [0.4, 0.5) is 0 Å². The molecule has 1 atom stereocenters. The minimum absolute atomic E-state index is 0.106. The molecule has 2 aromatic heterocycles. The topological polar surface area (TPSA) is 69.9 Å². The molecule has 2 aliphatic rings. The molecule has 0 radical (unpaired) electrons. The second-order valence-electron chi connectivity index (χ2n) is 7.95. The van der Waals surface area contributed by atoms with Gasteiger partial charge >= 0.3 is 0 Å². The quantitative estimate of drug-likeness (QED) is 0.683. The minimum atomic E-state index is -0.106. The summed E-state index contributed by atoms with van der Waals surface area (Å²) >= 11 is 0. The van der Waals surface area contributed by atoms with Crippen molar-refractivity contribution in [1.82, 2.24) is 19.7 Å². The average Bonchev–Trinajstić information content (AvgIpc) is 3.28. The Kier molecular flexibility index (Phi) is 4.84. The molecule has 0 aliphatic heterocycles. The van der Waals surface area contributed by atoms with Gasteiger partial charge < -0.3 is 4.74 Å². The Morgan fingerprint density at radius 1 is 1.03 bits per heavy atom. The maximum Gasteiger partial charge on any atom is 0.277 e. The van der Waals surface area contributed by atoms with E-state index in [1.165, 1.54) is 23.1 Å². The van der Waals surface area contributed by atoms with Gasteiger partial charge in [0.2, 0.25) is 0 Å². The molecule has 6 nitrogen and oxygen atoms in total. The number of nitrogens with zero attached hydrogens (tertiary/aromatic N) is 4. The van der Waals surface area contributed by atoms with Crippen molar-refractivity contribution in [3.05, 3.63) is 76.0 Å². The summed E-state index contributed by atoms with van der Waals surface area (Å²) in [6.07, 6.45) is 12.7. The molecular weight excluding hydrogens is 364 g/mol. The van der Waals surface area contributed by atoms with E-state index in [4.69, 9.17) is 4.74 Å². The zero-order valence-electron chi connectivity index (χ0n) is 16.3. The highest BCUT2D eigenvalue weighted by molar-refractivity contribution is 5.35. The first-order chi connectivity index (χ1) is 14.3. The zero-order valence-corrected chi connectivity index (χ0v) is 16.3. The predicted octanol–water partition coefficient (Wildman–Crippen LogP) is 3.62. The molecule has 1 aromatic carbocycles. The summed E-state index contributed by atoms with van der Waals surface area (Å²) in [6, 6.07) is 10.2. The van der Waals surface area contributed by atoms with E-state index in [1.54, 1.807) is 24.7 Å². The summed E-state index contributed by atoms with van der Waals surface area (Å²) in [5, 5.41) is 4.33. The summed E-state index contributed by atoms with van der Waals surface area (Å²) in [5.41, 5.74) is 3.04. The molecule has 1 unspecified atom stereocenters. The highest BCUT2D eigenvalue weighted by Crippen LogP contribution is 2.33. The van der Waals surface area contributed by atoms with E-state index in [1.807, 2.05) is 0 Å². The summed E-state index contributed by atoms with van der Waals surface area (Å²) in [6.45, 7) is 0. The van der Waals surface area contributed by atoms with Crippen molar-refractivity contribution in [2.75, 3.05) is 0 Å². The Morgan fingerprint density at radius 3 is 2.69 bits per heavy atom. The fourth-order valence-electron chi connectivity index (χ4n) is 4.52. The largest absolute Gasteiger partial charge is 0.490 e. The number of hydrogen-bond acceptors (Lipinski definition) is 5. The SMILES string of the molecule is O=c1c2c(cnn1-c1ncccn1)CC(c1cccc(OC3CCCC3)c1)CC2. The van der Waals surface area contributed by atoms with Crippen molar-refractivity contribution in [2.45, 2.75) is 57.0 Å². The van der Waals surface area contributed by atoms with E-state index in [-0.39, 0.29) is 5.56 Å². The van der Waals surface area contributed by atoms with E-state index in [0.29, 0.717) is 18.0 Å². The maximum absolute atomic E-state index is 12.9. The second-order valence-corrected chi connectivity index (χ2v) is 7.95. The molecular formula is C23H24N4O2. The van der Waals surface area contributed by atoms with E-state index >= 15 is 0 Å². The van der Waals surface area contributed by atoms with Gasteiger partial charge in [0.1, 0.15) is 5.75 Å². The molecule has 148 valence electrons. The van der Waals surface area contributed by atoms with Crippen molar-refractivity contribution in [1.29, 1.82) is 0 Å². The summed E-state index contributed by atoms with van der Waals surface area (Å²) < 4.78 is 7.48. The van der Waals surface area contributed by atoms with E-state index in [9.17, 15) is 4.79 Å². The minimum Gasteiger partial charge on any atom is -0.490 e. The first-order valence-corrected chi connectivity index (χ1v) is 10.4. The van der Waals surface area contributed by atoms with Gasteiger partial charge in [0.15, 0.2) is 0 Å². The molecule has 0 saturated heterocycles. The Hall–Kier alpha value is -3.02. The average molecular weight is 388 g/mol. The van der Waals surface area contributed by atoms with Crippen LogP contribution in [0.25, 0.3) is 5.95 Å². The monoisotopic (exact) mass is 388 g/mol. The number of benzene rings is 1. The first kappa shape index (κ1) is 18.0. The van der Waals surface area contributed by atoms with Gasteiger partial charge in [-0.05, 0) is 80.2 Å². The van der Waals surface area contributed by atoms with Gasteiger partial charge in [-0.1, -0.05) is 12.1 Å². The van der Waals surface area contributed by atoms with Crippen LogP contribution in [-0.4, -0.2) is 25.9 Å². The highest BCUT2D eigenvalue weighted by atomic mass is 16.5. The summed E-state index contributed by atoms with van der Waals surface area (Å²) in [5.74, 6) is 1.66. The molecule has 5 rings (SSSR count). The lowest BCUT2D eigenvalue weighted by Crippen LogP contribution is -2.30. The Balaban J connectivity index is 1.37. The molecule has 6 heteroatoms. The third kappa shape index (κ3) is 3.67. The third-order valence-electron chi connectivity index (χ3n) is 6.05. The van der Waals surface area contributed by atoms with Gasteiger partial charge in [0.25, 0.3) is 11.5 Å². The van der Waals surface area contributed by atoms with Gasteiger partial charge in [-0.2, -0.15) is 9.78 Å². The maximum atomic E-state index is 12.9. The molecule has 29 heavy (non-hydrogen) atoms. The second kappa shape index (κ2) is 7.78. The molecule has 1 saturated carbocycles. The van der Waals surface area contributed by atoms with Crippen LogP contribution < -0.4 is 10.3 Å². The van der Waals surface area contributed by atoms with Crippen molar-refractivity contribution in [2.24, 2.45) is 0 Å². The van der Waals surface area contributed by atoms with Crippen LogP contribution in [-0.2, 0) is 12.8 Å². The fourth-order valence-corrected chi connectivity index (χ4v) is 4.52. The van der Waals surface area contributed by atoms with Gasteiger partial charge in [-0.25, -0.2) is 9.97 Å². The molecule has 0 N–H and O–H groups in total. The zero-order chi connectivity index (χ0) is 19.6. The molecule has 3 aromatic rings. The van der Waals surface area contributed by atoms with E-state index < -0.39 is 0 Å². The summed E-state index contributed by atoms with van der Waals surface area (Å²) in [7, 11) is 0. The highest BCUT2D eigenvalue weighted by Gasteiger charge is 2.25. The number of ether oxygens (including phenoxy) is 1. The van der Waals surface area contributed by atoms with Crippen LogP contribution in [0, 0.1) is 0 Å². The molecule has 1 fully saturated rings. The molecule has 0 amide bonds. The normalized spacial score (nSPS) is 19.1. The molecule has 2 heterocycles. The first-order valence-electron chi connectivity index (χ1n) is 10.4. The van der Waals surface area contributed by atoms with Crippen LogP contribution in [0.1, 0.15) is 54.7 Å². The Labute approximate surface area is 169 Å². The number of hydrogen-bond donors (Lipinski definition) is 0. The van der Waals surface area contributed by atoms with Crippen LogP contribution in [0.2, 0.25) is 0 Å². The number of fused-ring (bicyclic) bond motifs is 1. The molecule has 2 aliphatic carbocycles. The lowest BCUT2D eigenvalue weighted by Gasteiger charge is -2.25. The van der Waals surface area contributed by atoms with Gasteiger partial charge in [-0.15, -0.1) is 0 Å². The fraction of sp³-hybridized carbons (Fsp3) is 0.391. The third-order valence-corrected chi connectivity index (χ3v) is 6.05. The lowest BCUT2D eigenvalue weighted by molar-refractivity contribution is 0.209. The van der Waals surface area contributed by atoms with Crippen LogP contribution >= 0.6 is 0 Å². The summed E-state index contributed by atoms with van der Waals surface area (Å²) in [4.78, 5) is 21.2. The number of aromatic nitrogens is 4. The van der Waals surface area contributed by atoms with Gasteiger partial charge in [-0.3, -0.25) is 4.79 Å². The molecule has 0 spiro atoms. The van der Waals surface area contributed by atoms with Crippen molar-refractivity contribution in [3.63, 3.8) is 0 Å². The van der Waals surface area contributed by atoms with Gasteiger partial charge in [0.05, 0.1) is 12.3 Å². The smallest absolute Gasteiger partial charge is 0.277 e. The Morgan fingerprint density at radius 2 is 1.86 bits per heavy atom. The van der Waals surface area contributed by atoms with Crippen molar-refractivity contribution in [3.8, 4) is 11.7 Å². The van der Waals surface area contributed by atoms with Gasteiger partial charge in [0, 0.05) is 18.0 Å². The van der Waals surface area contributed by atoms with Crippen LogP contribution in [0.3, 0.4) is 0 Å². The van der Waals surface area contributed by atoms with E-state index in [2.05, 4.69) is 39.3 Å². The molecule has 0 bridgehead atoms. The van der Waals surface area contributed by atoms with Crippen molar-refractivity contribution >= 4 is 0 Å².